The first-order valence-electron chi connectivity index (χ1n) is 13.2. The fraction of sp³-hybridized carbons (Fsp3) is 0.379. The molecule has 0 radical (unpaired) electrons. The molecule has 41 heavy (non-hydrogen) atoms. The second kappa shape index (κ2) is 13.6. The number of methoxy groups -OCH3 is 1. The third-order valence-corrected chi connectivity index (χ3v) is 7.71. The van der Waals surface area contributed by atoms with Gasteiger partial charge in [0.15, 0.2) is 6.10 Å². The lowest BCUT2D eigenvalue weighted by Crippen LogP contribution is -2.24. The predicted molar refractivity (Wildman–Crippen MR) is 156 cm³/mol. The van der Waals surface area contributed by atoms with Crippen LogP contribution >= 0.6 is 11.8 Å². The molecule has 1 saturated heterocycles. The maximum absolute atomic E-state index is 12.3. The van der Waals surface area contributed by atoms with Crippen molar-refractivity contribution in [3.05, 3.63) is 59.5 Å². The normalized spacial score (nSPS) is 13.9. The summed E-state index contributed by atoms with van der Waals surface area (Å²) >= 11 is 1.14. The summed E-state index contributed by atoms with van der Waals surface area (Å²) in [5.41, 5.74) is 2.16. The summed E-state index contributed by atoms with van der Waals surface area (Å²) in [4.78, 5) is 31.1. The van der Waals surface area contributed by atoms with E-state index in [1.54, 1.807) is 37.4 Å². The summed E-state index contributed by atoms with van der Waals surface area (Å²) in [6.07, 6.45) is 1.49. The summed E-state index contributed by atoms with van der Waals surface area (Å²) in [6, 6.07) is 12.7. The van der Waals surface area contributed by atoms with Crippen molar-refractivity contribution in [2.75, 3.05) is 27.2 Å². The van der Waals surface area contributed by atoms with Crippen LogP contribution in [0, 0.1) is 16.7 Å². The molecule has 0 saturated carbocycles. The first-order valence-corrected chi connectivity index (χ1v) is 14.1. The van der Waals surface area contributed by atoms with Crippen LogP contribution < -0.4 is 4.74 Å². The molecule has 1 aliphatic heterocycles. The molecular weight excluding hydrogens is 544 g/mol. The second-order valence-corrected chi connectivity index (χ2v) is 11.1. The Labute approximate surface area is 243 Å². The van der Waals surface area contributed by atoms with Gasteiger partial charge in [-0.05, 0) is 36.8 Å². The van der Waals surface area contributed by atoms with Crippen LogP contribution in [0.1, 0.15) is 49.8 Å². The van der Waals surface area contributed by atoms with E-state index >= 15 is 0 Å². The van der Waals surface area contributed by atoms with Gasteiger partial charge in [-0.2, -0.15) is 4.98 Å². The molecule has 2 amide bonds. The van der Waals surface area contributed by atoms with Crippen LogP contribution in [-0.4, -0.2) is 69.6 Å². The van der Waals surface area contributed by atoms with E-state index in [1.807, 2.05) is 30.9 Å². The first kappa shape index (κ1) is 29.9. The fourth-order valence-electron chi connectivity index (χ4n) is 4.13. The van der Waals surface area contributed by atoms with Crippen molar-refractivity contribution in [1.29, 1.82) is 10.8 Å². The van der Waals surface area contributed by atoms with E-state index in [2.05, 4.69) is 10.1 Å². The van der Waals surface area contributed by atoms with Gasteiger partial charge in [-0.1, -0.05) is 42.9 Å². The van der Waals surface area contributed by atoms with Gasteiger partial charge < -0.3 is 23.8 Å². The van der Waals surface area contributed by atoms with Crippen LogP contribution in [0.5, 0.6) is 11.5 Å². The number of nitrogens with one attached hydrogen (secondary N) is 2. The van der Waals surface area contributed by atoms with Crippen LogP contribution in [0.25, 0.3) is 11.4 Å². The Morgan fingerprint density at radius 3 is 2.61 bits per heavy atom. The smallest absolute Gasteiger partial charge is 0.257 e. The van der Waals surface area contributed by atoms with Crippen molar-refractivity contribution < 1.29 is 23.6 Å². The van der Waals surface area contributed by atoms with E-state index in [0.29, 0.717) is 64.5 Å². The molecule has 11 nitrogen and oxygen atoms in total. The van der Waals surface area contributed by atoms with E-state index < -0.39 is 6.10 Å². The van der Waals surface area contributed by atoms with E-state index in [0.717, 1.165) is 23.7 Å². The lowest BCUT2D eigenvalue weighted by Gasteiger charge is -2.19. The maximum Gasteiger partial charge on any atom is 0.257 e. The molecule has 2 aromatic carbocycles. The topological polar surface area (TPSA) is 146 Å². The number of carbonyl (C=O) groups is 2. The van der Waals surface area contributed by atoms with Gasteiger partial charge in [-0.25, -0.2) is 0 Å². The highest BCUT2D eigenvalue weighted by atomic mass is 32.2. The number of hydrogen-bond acceptors (Lipinski definition) is 10. The Morgan fingerprint density at radius 1 is 1.22 bits per heavy atom. The van der Waals surface area contributed by atoms with Crippen molar-refractivity contribution in [1.82, 2.24) is 19.9 Å². The van der Waals surface area contributed by atoms with E-state index in [1.165, 1.54) is 12.0 Å². The number of ether oxygens (including phenoxy) is 2. The van der Waals surface area contributed by atoms with Crippen molar-refractivity contribution in [2.45, 2.75) is 39.3 Å². The minimum Gasteiger partial charge on any atom is -0.457 e. The molecule has 0 aliphatic carbocycles. The number of thioether (sulfide) groups is 1. The molecule has 1 fully saturated rings. The number of rotatable bonds is 12. The molecule has 4 rings (SSSR count). The highest BCUT2D eigenvalue weighted by Crippen LogP contribution is 2.33. The Balaban J connectivity index is 1.59. The van der Waals surface area contributed by atoms with Gasteiger partial charge in [0.1, 0.15) is 16.5 Å². The molecule has 1 aromatic heterocycles. The van der Waals surface area contributed by atoms with Crippen molar-refractivity contribution in [3.8, 4) is 22.9 Å². The third kappa shape index (κ3) is 7.59. The summed E-state index contributed by atoms with van der Waals surface area (Å²) in [6.45, 7) is 5.22. The summed E-state index contributed by atoms with van der Waals surface area (Å²) in [7, 11) is 3.14. The van der Waals surface area contributed by atoms with Crippen LogP contribution in [0.2, 0.25) is 0 Å². The van der Waals surface area contributed by atoms with Gasteiger partial charge in [0.2, 0.25) is 18.1 Å². The number of carbonyl (C=O) groups excluding carboxylic acids is 2. The van der Waals surface area contributed by atoms with Crippen molar-refractivity contribution in [3.63, 3.8) is 0 Å². The number of likely N-dealkylation sites (N-methyl/N-ethyl adjacent to an activating group) is 1. The predicted octanol–water partition coefficient (Wildman–Crippen LogP) is 5.12. The molecule has 0 bridgehead atoms. The Hall–Kier alpha value is -4.03. The number of nitrogens with zero attached hydrogens (tertiary/aromatic N) is 4. The lowest BCUT2D eigenvalue weighted by molar-refractivity contribution is -0.128. The quantitative estimate of drug-likeness (QED) is 0.171. The van der Waals surface area contributed by atoms with Crippen molar-refractivity contribution >= 4 is 34.2 Å². The molecular formula is C29H34N6O5S. The Kier molecular flexibility index (Phi) is 9.90. The Bertz CT molecular complexity index is 1410. The summed E-state index contributed by atoms with van der Waals surface area (Å²) < 4.78 is 17.2. The van der Waals surface area contributed by atoms with E-state index in [-0.39, 0.29) is 24.3 Å². The largest absolute Gasteiger partial charge is 0.457 e. The molecule has 2 N–H and O–H groups in total. The molecule has 216 valence electrons. The summed E-state index contributed by atoms with van der Waals surface area (Å²) in [5.74, 6) is 1.84. The lowest BCUT2D eigenvalue weighted by atomic mass is 10.1. The molecule has 2 heterocycles. The molecule has 12 heteroatoms. The SMILES string of the molecule is COC(CN(C)C=O)c1nc(-c2ccc(CN3CCCC3=O)c(Oc3ccc(C(=N)SC(=N)C(C)C)cc3)c2)no1. The van der Waals surface area contributed by atoms with Gasteiger partial charge in [0.25, 0.3) is 5.89 Å². The number of benzene rings is 2. The fourth-order valence-corrected chi connectivity index (χ4v) is 4.83. The molecule has 3 aromatic rings. The number of likely N-dealkylation sites (tertiary alicyclic amines) is 1. The zero-order valence-electron chi connectivity index (χ0n) is 23.5. The van der Waals surface area contributed by atoms with E-state index in [9.17, 15) is 9.59 Å². The standard InChI is InChI=1S/C29H34N6O5S/c1-18(2)26(30)41-27(31)19-9-11-22(12-10-19)39-23-14-20(7-8-21(23)15-35-13-5-6-25(35)37)28-32-29(40-33-28)24(38-4)16-34(3)17-36/h7-12,14,17-18,24,30-31H,5-6,13,15-16H2,1-4H3. The summed E-state index contributed by atoms with van der Waals surface area (Å²) in [5, 5.41) is 21.2. The molecule has 0 spiro atoms. The van der Waals surface area contributed by atoms with Gasteiger partial charge in [0.05, 0.1) is 11.6 Å². The van der Waals surface area contributed by atoms with Crippen LogP contribution in [0.4, 0.5) is 0 Å². The maximum atomic E-state index is 12.3. The van der Waals surface area contributed by atoms with Gasteiger partial charge in [0, 0.05) is 56.3 Å². The van der Waals surface area contributed by atoms with E-state index in [4.69, 9.17) is 24.8 Å². The number of amides is 2. The molecule has 1 atom stereocenters. The third-order valence-electron chi connectivity index (χ3n) is 6.57. The monoisotopic (exact) mass is 578 g/mol. The second-order valence-electron chi connectivity index (χ2n) is 10.0. The highest BCUT2D eigenvalue weighted by molar-refractivity contribution is 8.26. The first-order chi connectivity index (χ1) is 19.7. The number of hydrogen-bond donors (Lipinski definition) is 2. The average Bonchev–Trinajstić information content (AvgIpc) is 3.62. The minimum atomic E-state index is -0.581. The van der Waals surface area contributed by atoms with Crippen LogP contribution in [0.15, 0.2) is 47.0 Å². The number of aromatic nitrogens is 2. The van der Waals surface area contributed by atoms with Gasteiger partial charge in [-0.3, -0.25) is 20.4 Å². The zero-order chi connectivity index (χ0) is 29.5. The van der Waals surface area contributed by atoms with Gasteiger partial charge in [-0.15, -0.1) is 0 Å². The Morgan fingerprint density at radius 2 is 1.98 bits per heavy atom. The van der Waals surface area contributed by atoms with Gasteiger partial charge >= 0.3 is 0 Å². The molecule has 1 unspecified atom stereocenters. The van der Waals surface area contributed by atoms with Crippen molar-refractivity contribution in [2.24, 2.45) is 5.92 Å². The average molecular weight is 579 g/mol. The molecule has 1 aliphatic rings. The highest BCUT2D eigenvalue weighted by Gasteiger charge is 2.24. The van der Waals surface area contributed by atoms with Crippen LogP contribution in [0.3, 0.4) is 0 Å². The van der Waals surface area contributed by atoms with Crippen LogP contribution in [-0.2, 0) is 20.9 Å². The zero-order valence-corrected chi connectivity index (χ0v) is 24.4. The minimum absolute atomic E-state index is 0.0597.